The molecule has 1 aliphatic heterocycles. The van der Waals surface area contributed by atoms with Crippen LogP contribution < -0.4 is 10.3 Å². The predicted octanol–water partition coefficient (Wildman–Crippen LogP) is 2.20. The number of hydrogen-bond donors (Lipinski definition) is 0. The molecule has 1 unspecified atom stereocenters. The van der Waals surface area contributed by atoms with E-state index >= 15 is 0 Å². The third kappa shape index (κ3) is 4.42. The van der Waals surface area contributed by atoms with Crippen molar-refractivity contribution in [3.05, 3.63) is 46.8 Å². The van der Waals surface area contributed by atoms with Gasteiger partial charge in [0, 0.05) is 56.2 Å². The van der Waals surface area contributed by atoms with E-state index in [4.69, 9.17) is 9.15 Å². The van der Waals surface area contributed by atoms with Gasteiger partial charge in [0.05, 0.1) is 30.5 Å². The van der Waals surface area contributed by atoms with Crippen molar-refractivity contribution in [1.29, 1.82) is 0 Å². The van der Waals surface area contributed by atoms with Gasteiger partial charge in [-0.15, -0.1) is 0 Å². The Morgan fingerprint density at radius 1 is 1.24 bits per heavy atom. The van der Waals surface area contributed by atoms with Crippen LogP contribution in [0.5, 0.6) is 5.75 Å². The van der Waals surface area contributed by atoms with Gasteiger partial charge in [-0.2, -0.15) is 4.31 Å². The molecule has 10 heteroatoms. The fraction of sp³-hybridized carbons (Fsp3) is 0.478. The van der Waals surface area contributed by atoms with Crippen LogP contribution in [0.15, 0.2) is 39.9 Å². The first-order valence-electron chi connectivity index (χ1n) is 11.1. The molecule has 0 radical (unpaired) electrons. The summed E-state index contributed by atoms with van der Waals surface area (Å²) in [6, 6.07) is 3.72. The molecule has 5 rings (SSSR count). The second kappa shape index (κ2) is 8.27. The molecule has 4 heterocycles. The van der Waals surface area contributed by atoms with Crippen molar-refractivity contribution in [3.63, 3.8) is 0 Å². The first-order chi connectivity index (χ1) is 15.7. The van der Waals surface area contributed by atoms with Crippen LogP contribution in [0.1, 0.15) is 25.5 Å². The number of nitrogens with zero attached hydrogens (tertiary/aromatic N) is 4. The van der Waals surface area contributed by atoms with Crippen LogP contribution in [0.25, 0.3) is 22.1 Å². The van der Waals surface area contributed by atoms with Crippen molar-refractivity contribution in [2.75, 3.05) is 25.9 Å². The Hall–Kier alpha value is -2.69. The lowest BCUT2D eigenvalue weighted by Gasteiger charge is -2.38. The van der Waals surface area contributed by atoms with Crippen molar-refractivity contribution in [2.24, 2.45) is 7.05 Å². The summed E-state index contributed by atoms with van der Waals surface area (Å²) in [5, 5.41) is 0.515. The van der Waals surface area contributed by atoms with Gasteiger partial charge in [-0.3, -0.25) is 14.7 Å². The summed E-state index contributed by atoms with van der Waals surface area (Å²) in [6.07, 6.45) is 8.72. The van der Waals surface area contributed by atoms with Crippen molar-refractivity contribution in [2.45, 2.75) is 38.5 Å². The van der Waals surface area contributed by atoms with Crippen molar-refractivity contribution in [3.8, 4) is 16.9 Å². The highest BCUT2D eigenvalue weighted by molar-refractivity contribution is 7.88. The first kappa shape index (κ1) is 22.1. The quantitative estimate of drug-likeness (QED) is 0.542. The Kier molecular flexibility index (Phi) is 5.54. The molecular formula is C23H28N4O5S. The zero-order chi connectivity index (χ0) is 23.3. The number of pyridine rings is 2. The number of hydrogen-bond acceptors (Lipinski definition) is 7. The lowest BCUT2D eigenvalue weighted by Crippen LogP contribution is -2.52. The third-order valence-corrected chi connectivity index (χ3v) is 7.62. The molecule has 0 N–H and O–H groups in total. The maximum absolute atomic E-state index is 12.9. The number of rotatable bonds is 6. The largest absolute Gasteiger partial charge is 0.488 e. The SMILES string of the molecule is CC1CN(S(C)(=O)=O)CCN1Cc1cc2c(=O)n(C)cc(-c3ccncc3OC3CC3)c2o1. The van der Waals surface area contributed by atoms with Gasteiger partial charge >= 0.3 is 0 Å². The van der Waals surface area contributed by atoms with E-state index in [1.165, 1.54) is 10.6 Å². The minimum atomic E-state index is -3.21. The molecule has 0 aromatic carbocycles. The van der Waals surface area contributed by atoms with Gasteiger partial charge < -0.3 is 13.7 Å². The van der Waals surface area contributed by atoms with Crippen LogP contribution in [0.4, 0.5) is 0 Å². The number of fused-ring (bicyclic) bond motifs is 1. The summed E-state index contributed by atoms with van der Waals surface area (Å²) < 4.78 is 39.2. The molecule has 3 aromatic heterocycles. The number of ether oxygens (including phenoxy) is 1. The van der Waals surface area contributed by atoms with E-state index in [1.807, 2.05) is 13.0 Å². The highest BCUT2D eigenvalue weighted by Crippen LogP contribution is 2.37. The molecule has 33 heavy (non-hydrogen) atoms. The molecule has 1 saturated heterocycles. The van der Waals surface area contributed by atoms with E-state index in [0.29, 0.717) is 48.7 Å². The smallest absolute Gasteiger partial charge is 0.261 e. The zero-order valence-corrected chi connectivity index (χ0v) is 19.8. The summed E-state index contributed by atoms with van der Waals surface area (Å²) in [7, 11) is -1.48. The van der Waals surface area contributed by atoms with Crippen LogP contribution in [0.2, 0.25) is 0 Å². The molecule has 2 fully saturated rings. The van der Waals surface area contributed by atoms with Crippen LogP contribution in [-0.2, 0) is 23.6 Å². The fourth-order valence-corrected chi connectivity index (χ4v) is 5.23. The molecule has 0 spiro atoms. The summed E-state index contributed by atoms with van der Waals surface area (Å²) in [5.74, 6) is 1.36. The van der Waals surface area contributed by atoms with Gasteiger partial charge in [-0.25, -0.2) is 8.42 Å². The molecule has 9 nitrogen and oxygen atoms in total. The Balaban J connectivity index is 1.49. The van der Waals surface area contributed by atoms with Crippen molar-refractivity contribution < 1.29 is 17.6 Å². The molecule has 0 amide bonds. The van der Waals surface area contributed by atoms with Crippen molar-refractivity contribution in [1.82, 2.24) is 18.8 Å². The maximum Gasteiger partial charge on any atom is 0.261 e. The summed E-state index contributed by atoms with van der Waals surface area (Å²) in [4.78, 5) is 19.3. The molecule has 3 aromatic rings. The minimum Gasteiger partial charge on any atom is -0.488 e. The fourth-order valence-electron chi connectivity index (χ4n) is 4.33. The van der Waals surface area contributed by atoms with Crippen molar-refractivity contribution >= 4 is 21.0 Å². The van der Waals surface area contributed by atoms with Gasteiger partial charge in [-0.05, 0) is 31.9 Å². The van der Waals surface area contributed by atoms with E-state index in [9.17, 15) is 13.2 Å². The standard InChI is InChI=1S/C23H28N4O5S/c1-15-12-27(33(3,29)30)9-8-26(15)13-17-10-19-22(32-17)20(14-25(2)23(19)28)18-6-7-24-11-21(18)31-16-4-5-16/h6-7,10-11,14-16H,4-5,8-9,12-13H2,1-3H3. The lowest BCUT2D eigenvalue weighted by atomic mass is 10.1. The van der Waals surface area contributed by atoms with Crippen LogP contribution in [0, 0.1) is 0 Å². The number of furan rings is 1. The van der Waals surface area contributed by atoms with E-state index in [-0.39, 0.29) is 17.7 Å². The summed E-state index contributed by atoms with van der Waals surface area (Å²) in [5.41, 5.74) is 2.03. The number of aryl methyl sites for hydroxylation is 1. The van der Waals surface area contributed by atoms with E-state index in [0.717, 1.165) is 24.0 Å². The molecule has 2 aliphatic rings. The second-order valence-corrected chi connectivity index (χ2v) is 11.0. The molecular weight excluding hydrogens is 444 g/mol. The Morgan fingerprint density at radius 3 is 2.73 bits per heavy atom. The van der Waals surface area contributed by atoms with Crippen LogP contribution in [-0.4, -0.2) is 65.2 Å². The highest BCUT2D eigenvalue weighted by Gasteiger charge is 2.30. The second-order valence-electron chi connectivity index (χ2n) is 9.04. The van der Waals surface area contributed by atoms with Gasteiger partial charge in [-0.1, -0.05) is 0 Å². The molecule has 1 atom stereocenters. The zero-order valence-electron chi connectivity index (χ0n) is 19.0. The Labute approximate surface area is 192 Å². The number of sulfonamides is 1. The number of aromatic nitrogens is 2. The Morgan fingerprint density at radius 2 is 2.03 bits per heavy atom. The van der Waals surface area contributed by atoms with E-state index in [1.54, 1.807) is 36.3 Å². The van der Waals surface area contributed by atoms with Crippen LogP contribution >= 0.6 is 0 Å². The van der Waals surface area contributed by atoms with Crippen LogP contribution in [0.3, 0.4) is 0 Å². The lowest BCUT2D eigenvalue weighted by molar-refractivity contribution is 0.115. The average Bonchev–Trinajstić information content (AvgIpc) is 3.48. The molecule has 1 aliphatic carbocycles. The monoisotopic (exact) mass is 472 g/mol. The van der Waals surface area contributed by atoms with Gasteiger partial charge in [0.1, 0.15) is 17.1 Å². The topological polar surface area (TPSA) is 97.9 Å². The normalized spacial score (nSPS) is 20.4. The third-order valence-electron chi connectivity index (χ3n) is 6.35. The molecule has 0 bridgehead atoms. The highest BCUT2D eigenvalue weighted by atomic mass is 32.2. The van der Waals surface area contributed by atoms with Gasteiger partial charge in [0.25, 0.3) is 5.56 Å². The first-order valence-corrected chi connectivity index (χ1v) is 13.0. The van der Waals surface area contributed by atoms with Gasteiger partial charge in [0.15, 0.2) is 0 Å². The van der Waals surface area contributed by atoms with E-state index in [2.05, 4.69) is 9.88 Å². The Bertz CT molecular complexity index is 1360. The maximum atomic E-state index is 12.9. The van der Waals surface area contributed by atoms with E-state index < -0.39 is 10.0 Å². The van der Waals surface area contributed by atoms with Gasteiger partial charge in [0.2, 0.25) is 10.0 Å². The molecule has 1 saturated carbocycles. The minimum absolute atomic E-state index is 0.0303. The summed E-state index contributed by atoms with van der Waals surface area (Å²) >= 11 is 0. The summed E-state index contributed by atoms with van der Waals surface area (Å²) in [6.45, 7) is 3.97. The number of piperazine rings is 1. The molecule has 176 valence electrons. The predicted molar refractivity (Wildman–Crippen MR) is 125 cm³/mol. The average molecular weight is 473 g/mol.